The minimum absolute atomic E-state index is 0.232. The van der Waals surface area contributed by atoms with Crippen molar-refractivity contribution < 1.29 is 8.42 Å². The fourth-order valence-electron chi connectivity index (χ4n) is 2.19. The van der Waals surface area contributed by atoms with Crippen molar-refractivity contribution >= 4 is 52.9 Å². The SMILES string of the molecule is Cc1cc2cc(Br)cnc2n1S(=O)(=O)c1ccc(Br)cc1. The van der Waals surface area contributed by atoms with Gasteiger partial charge in [-0.25, -0.2) is 17.4 Å². The molecule has 7 heteroatoms. The maximum absolute atomic E-state index is 12.8. The molecule has 0 saturated heterocycles. The van der Waals surface area contributed by atoms with Gasteiger partial charge in [0.1, 0.15) is 0 Å². The first-order chi connectivity index (χ1) is 9.89. The number of pyridine rings is 1. The Hall–Kier alpha value is -1.18. The molecule has 2 aromatic heterocycles. The molecule has 0 N–H and O–H groups in total. The molecule has 21 heavy (non-hydrogen) atoms. The second-order valence-corrected chi connectivity index (χ2v) is 8.19. The van der Waals surface area contributed by atoms with E-state index in [1.165, 1.54) is 3.97 Å². The Morgan fingerprint density at radius 2 is 1.71 bits per heavy atom. The van der Waals surface area contributed by atoms with Crippen LogP contribution in [-0.2, 0) is 10.0 Å². The Bertz CT molecular complexity index is 932. The van der Waals surface area contributed by atoms with E-state index in [0.29, 0.717) is 11.3 Å². The van der Waals surface area contributed by atoms with E-state index in [-0.39, 0.29) is 4.90 Å². The van der Waals surface area contributed by atoms with Gasteiger partial charge in [-0.05, 0) is 59.3 Å². The zero-order chi connectivity index (χ0) is 15.2. The fourth-order valence-corrected chi connectivity index (χ4v) is 4.31. The summed E-state index contributed by atoms with van der Waals surface area (Å²) >= 11 is 6.65. The van der Waals surface area contributed by atoms with Crippen LogP contribution in [0.5, 0.6) is 0 Å². The third-order valence-electron chi connectivity index (χ3n) is 3.09. The molecule has 0 atom stereocenters. The first-order valence-corrected chi connectivity index (χ1v) is 9.07. The van der Waals surface area contributed by atoms with Crippen LogP contribution in [0.15, 0.2) is 56.4 Å². The van der Waals surface area contributed by atoms with Gasteiger partial charge in [-0.3, -0.25) is 0 Å². The maximum Gasteiger partial charge on any atom is 0.269 e. The van der Waals surface area contributed by atoms with Gasteiger partial charge in [0.05, 0.1) is 4.90 Å². The number of aromatic nitrogens is 2. The molecule has 0 bridgehead atoms. The van der Waals surface area contributed by atoms with Crippen LogP contribution in [0.2, 0.25) is 0 Å². The summed E-state index contributed by atoms with van der Waals surface area (Å²) in [5.74, 6) is 0. The van der Waals surface area contributed by atoms with Crippen molar-refractivity contribution in [3.63, 3.8) is 0 Å². The second kappa shape index (κ2) is 5.23. The Labute approximate surface area is 139 Å². The number of aryl methyl sites for hydroxylation is 1. The summed E-state index contributed by atoms with van der Waals surface area (Å²) < 4.78 is 28.6. The van der Waals surface area contributed by atoms with E-state index in [9.17, 15) is 8.42 Å². The summed E-state index contributed by atoms with van der Waals surface area (Å²) in [6.45, 7) is 1.76. The van der Waals surface area contributed by atoms with Gasteiger partial charge in [0.2, 0.25) is 0 Å². The van der Waals surface area contributed by atoms with Gasteiger partial charge in [0.25, 0.3) is 10.0 Å². The zero-order valence-corrected chi connectivity index (χ0v) is 14.9. The molecule has 0 spiro atoms. The van der Waals surface area contributed by atoms with Crippen molar-refractivity contribution in [1.82, 2.24) is 8.96 Å². The van der Waals surface area contributed by atoms with Gasteiger partial charge in [-0.15, -0.1) is 0 Å². The molecule has 3 rings (SSSR count). The lowest BCUT2D eigenvalue weighted by Gasteiger charge is -2.09. The standard InChI is InChI=1S/C14H10Br2N2O2S/c1-9-6-10-7-12(16)8-17-14(10)18(9)21(19,20)13-4-2-11(15)3-5-13/h2-8H,1H3. The number of hydrogen-bond donors (Lipinski definition) is 0. The normalized spacial score (nSPS) is 12.0. The molecule has 108 valence electrons. The minimum Gasteiger partial charge on any atom is -0.236 e. The Kier molecular flexibility index (Phi) is 3.67. The Morgan fingerprint density at radius 3 is 2.38 bits per heavy atom. The van der Waals surface area contributed by atoms with Gasteiger partial charge in [0.15, 0.2) is 5.65 Å². The van der Waals surface area contributed by atoms with Crippen LogP contribution < -0.4 is 0 Å². The highest BCUT2D eigenvalue weighted by molar-refractivity contribution is 9.10. The third-order valence-corrected chi connectivity index (χ3v) is 5.86. The molecule has 0 fully saturated rings. The van der Waals surface area contributed by atoms with Crippen molar-refractivity contribution in [2.45, 2.75) is 11.8 Å². The van der Waals surface area contributed by atoms with E-state index < -0.39 is 10.0 Å². The summed E-state index contributed by atoms with van der Waals surface area (Å²) in [7, 11) is -3.66. The van der Waals surface area contributed by atoms with Gasteiger partial charge in [-0.1, -0.05) is 15.9 Å². The highest BCUT2D eigenvalue weighted by atomic mass is 79.9. The summed E-state index contributed by atoms with van der Waals surface area (Å²) in [5.41, 5.74) is 1.05. The highest BCUT2D eigenvalue weighted by Gasteiger charge is 2.22. The summed E-state index contributed by atoms with van der Waals surface area (Å²) in [6.07, 6.45) is 1.59. The van der Waals surface area contributed by atoms with Crippen LogP contribution in [0, 0.1) is 6.92 Å². The molecule has 0 amide bonds. The molecule has 0 aliphatic rings. The van der Waals surface area contributed by atoms with E-state index >= 15 is 0 Å². The molecule has 0 aliphatic heterocycles. The van der Waals surface area contributed by atoms with Gasteiger partial charge in [-0.2, -0.15) is 0 Å². The molecule has 0 radical (unpaired) electrons. The van der Waals surface area contributed by atoms with Crippen molar-refractivity contribution in [1.29, 1.82) is 0 Å². The van der Waals surface area contributed by atoms with Crippen LogP contribution in [0.4, 0.5) is 0 Å². The lowest BCUT2D eigenvalue weighted by Crippen LogP contribution is -2.14. The minimum atomic E-state index is -3.66. The van der Waals surface area contributed by atoms with Crippen LogP contribution in [0.25, 0.3) is 11.0 Å². The number of rotatable bonds is 2. The van der Waals surface area contributed by atoms with E-state index in [2.05, 4.69) is 36.8 Å². The van der Waals surface area contributed by atoms with Crippen LogP contribution in [0.3, 0.4) is 0 Å². The Balaban J connectivity index is 2.28. The first-order valence-electron chi connectivity index (χ1n) is 6.04. The molecule has 0 saturated carbocycles. The van der Waals surface area contributed by atoms with E-state index in [4.69, 9.17) is 0 Å². The molecular formula is C14H10Br2N2O2S. The first kappa shape index (κ1) is 14.7. The zero-order valence-electron chi connectivity index (χ0n) is 10.9. The summed E-state index contributed by atoms with van der Waals surface area (Å²) in [6, 6.07) is 10.2. The molecule has 4 nitrogen and oxygen atoms in total. The number of benzene rings is 1. The molecule has 1 aromatic carbocycles. The van der Waals surface area contributed by atoms with E-state index in [1.54, 1.807) is 37.4 Å². The number of nitrogens with zero attached hydrogens (tertiary/aromatic N) is 2. The summed E-state index contributed by atoms with van der Waals surface area (Å²) in [4.78, 5) is 4.47. The fraction of sp³-hybridized carbons (Fsp3) is 0.0714. The average molecular weight is 430 g/mol. The predicted octanol–water partition coefficient (Wildman–Crippen LogP) is 4.11. The van der Waals surface area contributed by atoms with Crippen LogP contribution in [0.1, 0.15) is 5.69 Å². The molecule has 2 heterocycles. The van der Waals surface area contributed by atoms with Crippen molar-refractivity contribution in [2.24, 2.45) is 0 Å². The quantitative estimate of drug-likeness (QED) is 0.615. The predicted molar refractivity (Wildman–Crippen MR) is 88.9 cm³/mol. The second-order valence-electron chi connectivity index (χ2n) is 4.58. The lowest BCUT2D eigenvalue weighted by molar-refractivity contribution is 0.587. The molecule has 0 unspecified atom stereocenters. The average Bonchev–Trinajstić information content (AvgIpc) is 2.74. The van der Waals surface area contributed by atoms with Crippen LogP contribution >= 0.6 is 31.9 Å². The van der Waals surface area contributed by atoms with Gasteiger partial charge < -0.3 is 0 Å². The van der Waals surface area contributed by atoms with E-state index in [1.807, 2.05) is 12.1 Å². The van der Waals surface area contributed by atoms with Crippen molar-refractivity contribution in [3.8, 4) is 0 Å². The number of fused-ring (bicyclic) bond motifs is 1. The maximum atomic E-state index is 12.8. The Morgan fingerprint density at radius 1 is 1.05 bits per heavy atom. The number of halogens is 2. The van der Waals surface area contributed by atoms with Crippen molar-refractivity contribution in [2.75, 3.05) is 0 Å². The topological polar surface area (TPSA) is 52.0 Å². The monoisotopic (exact) mass is 428 g/mol. The smallest absolute Gasteiger partial charge is 0.236 e. The van der Waals surface area contributed by atoms with Gasteiger partial charge >= 0.3 is 0 Å². The molecular weight excluding hydrogens is 420 g/mol. The van der Waals surface area contributed by atoms with Crippen LogP contribution in [-0.4, -0.2) is 17.4 Å². The van der Waals surface area contributed by atoms with E-state index in [0.717, 1.165) is 14.3 Å². The highest BCUT2D eigenvalue weighted by Crippen LogP contribution is 2.26. The van der Waals surface area contributed by atoms with Gasteiger partial charge in [0, 0.05) is 26.2 Å². The largest absolute Gasteiger partial charge is 0.269 e. The van der Waals surface area contributed by atoms with Crippen molar-refractivity contribution in [3.05, 3.63) is 57.2 Å². The summed E-state index contributed by atoms with van der Waals surface area (Å²) in [5, 5.41) is 0.780. The number of hydrogen-bond acceptors (Lipinski definition) is 3. The molecule has 3 aromatic rings. The lowest BCUT2D eigenvalue weighted by atomic mass is 10.3. The molecule has 0 aliphatic carbocycles. The third kappa shape index (κ3) is 2.54.